The molecule has 124 valence electrons. The summed E-state index contributed by atoms with van der Waals surface area (Å²) in [6.07, 6.45) is 1.35. The van der Waals surface area contributed by atoms with Crippen LogP contribution in [0.5, 0.6) is 11.5 Å². The maximum Gasteiger partial charge on any atom is 0.287 e. The highest BCUT2D eigenvalue weighted by molar-refractivity contribution is 5.97. The number of carbonyl (C=O) groups excluding carboxylic acids is 3. The summed E-state index contributed by atoms with van der Waals surface area (Å²) in [7, 11) is 0. The molecule has 9 nitrogen and oxygen atoms in total. The van der Waals surface area contributed by atoms with Crippen molar-refractivity contribution in [1.82, 2.24) is 16.2 Å². The molecular formula is C15H13N3O6. The molecule has 1 aliphatic rings. The number of carbonyl (C=O) groups is 3. The number of furan rings is 1. The Morgan fingerprint density at radius 1 is 1.00 bits per heavy atom. The predicted molar refractivity (Wildman–Crippen MR) is 79.2 cm³/mol. The van der Waals surface area contributed by atoms with Gasteiger partial charge in [0.2, 0.25) is 6.79 Å². The van der Waals surface area contributed by atoms with Gasteiger partial charge in [-0.25, -0.2) is 0 Å². The molecular weight excluding hydrogens is 318 g/mol. The van der Waals surface area contributed by atoms with Gasteiger partial charge in [-0.2, -0.15) is 0 Å². The molecule has 0 saturated carbocycles. The summed E-state index contributed by atoms with van der Waals surface area (Å²) in [6, 6.07) is 7.66. The predicted octanol–water partition coefficient (Wildman–Crippen LogP) is 0.199. The van der Waals surface area contributed by atoms with Crippen LogP contribution >= 0.6 is 0 Å². The molecule has 1 aromatic heterocycles. The minimum absolute atomic E-state index is 0.0900. The van der Waals surface area contributed by atoms with E-state index in [1.807, 2.05) is 0 Å². The van der Waals surface area contributed by atoms with E-state index in [1.165, 1.54) is 24.5 Å². The first-order valence-corrected chi connectivity index (χ1v) is 6.94. The fourth-order valence-corrected chi connectivity index (χ4v) is 1.94. The van der Waals surface area contributed by atoms with Gasteiger partial charge in [-0.05, 0) is 30.3 Å². The maximum atomic E-state index is 11.9. The highest BCUT2D eigenvalue weighted by atomic mass is 16.7. The normalized spacial score (nSPS) is 11.7. The Hall–Kier alpha value is -3.49. The van der Waals surface area contributed by atoms with Gasteiger partial charge in [0.25, 0.3) is 17.7 Å². The maximum absolute atomic E-state index is 11.9. The Bertz CT molecular complexity index is 772. The standard InChI is InChI=1S/C15H13N3O6/c19-13(7-16-15(21)11-2-1-5-22-11)17-18-14(20)9-3-4-10-12(6-9)24-8-23-10/h1-6H,7-8H2,(H,16,21)(H,17,19)(H,18,20). The van der Waals surface area contributed by atoms with Crippen molar-refractivity contribution in [2.75, 3.05) is 13.3 Å². The molecule has 3 N–H and O–H groups in total. The minimum Gasteiger partial charge on any atom is -0.459 e. The second kappa shape index (κ2) is 6.73. The molecule has 2 aromatic rings. The Labute approximate surface area is 135 Å². The van der Waals surface area contributed by atoms with Gasteiger partial charge in [0.15, 0.2) is 17.3 Å². The van der Waals surface area contributed by atoms with Crippen molar-refractivity contribution in [1.29, 1.82) is 0 Å². The smallest absolute Gasteiger partial charge is 0.287 e. The van der Waals surface area contributed by atoms with Crippen LogP contribution < -0.4 is 25.6 Å². The van der Waals surface area contributed by atoms with Crippen LogP contribution in [-0.4, -0.2) is 31.1 Å². The number of ether oxygens (including phenoxy) is 2. The number of amides is 3. The van der Waals surface area contributed by atoms with Gasteiger partial charge in [0.1, 0.15) is 0 Å². The molecule has 24 heavy (non-hydrogen) atoms. The lowest BCUT2D eigenvalue weighted by molar-refractivity contribution is -0.120. The van der Waals surface area contributed by atoms with E-state index in [9.17, 15) is 14.4 Å². The van der Waals surface area contributed by atoms with E-state index in [1.54, 1.807) is 12.1 Å². The third kappa shape index (κ3) is 3.46. The van der Waals surface area contributed by atoms with Crippen LogP contribution in [0.3, 0.4) is 0 Å². The van der Waals surface area contributed by atoms with E-state index in [4.69, 9.17) is 13.9 Å². The van der Waals surface area contributed by atoms with Crippen molar-refractivity contribution >= 4 is 17.7 Å². The zero-order valence-electron chi connectivity index (χ0n) is 12.3. The monoisotopic (exact) mass is 331 g/mol. The van der Waals surface area contributed by atoms with Crippen LogP contribution in [0.15, 0.2) is 41.0 Å². The van der Waals surface area contributed by atoms with Crippen molar-refractivity contribution in [2.24, 2.45) is 0 Å². The van der Waals surface area contributed by atoms with Crippen molar-refractivity contribution in [2.45, 2.75) is 0 Å². The molecule has 0 bridgehead atoms. The fraction of sp³-hybridized carbons (Fsp3) is 0.133. The van der Waals surface area contributed by atoms with Crippen LogP contribution in [0, 0.1) is 0 Å². The van der Waals surface area contributed by atoms with E-state index in [-0.39, 0.29) is 19.1 Å². The Balaban J connectivity index is 1.45. The first-order valence-electron chi connectivity index (χ1n) is 6.94. The highest BCUT2D eigenvalue weighted by Crippen LogP contribution is 2.32. The molecule has 1 aromatic carbocycles. The number of fused-ring (bicyclic) bond motifs is 1. The summed E-state index contributed by atoms with van der Waals surface area (Å²) < 4.78 is 15.2. The highest BCUT2D eigenvalue weighted by Gasteiger charge is 2.16. The molecule has 0 unspecified atom stereocenters. The van der Waals surface area contributed by atoms with Crippen molar-refractivity contribution < 1.29 is 28.3 Å². The third-order valence-corrected chi connectivity index (χ3v) is 3.10. The molecule has 0 atom stereocenters. The van der Waals surface area contributed by atoms with Gasteiger partial charge in [0, 0.05) is 5.56 Å². The number of hydrazine groups is 1. The molecule has 1 aliphatic heterocycles. The van der Waals surface area contributed by atoms with Crippen molar-refractivity contribution in [3.8, 4) is 11.5 Å². The molecule has 0 fully saturated rings. The van der Waals surface area contributed by atoms with Crippen LogP contribution in [0.25, 0.3) is 0 Å². The van der Waals surface area contributed by atoms with Crippen molar-refractivity contribution in [3.05, 3.63) is 47.9 Å². The lowest BCUT2D eigenvalue weighted by Crippen LogP contribution is -2.46. The minimum atomic E-state index is -0.594. The zero-order valence-corrected chi connectivity index (χ0v) is 12.3. The molecule has 0 spiro atoms. The molecule has 9 heteroatoms. The van der Waals surface area contributed by atoms with Gasteiger partial charge in [-0.3, -0.25) is 25.2 Å². The lowest BCUT2D eigenvalue weighted by atomic mass is 10.2. The van der Waals surface area contributed by atoms with E-state index < -0.39 is 17.7 Å². The van der Waals surface area contributed by atoms with E-state index in [0.717, 1.165) is 0 Å². The second-order valence-corrected chi connectivity index (χ2v) is 4.73. The van der Waals surface area contributed by atoms with Crippen molar-refractivity contribution in [3.63, 3.8) is 0 Å². The first kappa shape index (κ1) is 15.4. The topological polar surface area (TPSA) is 119 Å². The summed E-state index contributed by atoms with van der Waals surface area (Å²) in [6.45, 7) is -0.215. The Morgan fingerprint density at radius 3 is 2.62 bits per heavy atom. The van der Waals surface area contributed by atoms with E-state index in [2.05, 4.69) is 16.2 Å². The summed E-state index contributed by atoms with van der Waals surface area (Å²) in [5, 5.41) is 2.35. The van der Waals surface area contributed by atoms with Crippen LogP contribution in [0.1, 0.15) is 20.9 Å². The molecule has 3 amide bonds. The molecule has 3 rings (SSSR count). The van der Waals surface area contributed by atoms with Crippen LogP contribution in [-0.2, 0) is 4.79 Å². The van der Waals surface area contributed by atoms with Crippen LogP contribution in [0.4, 0.5) is 0 Å². The van der Waals surface area contributed by atoms with Gasteiger partial charge >= 0.3 is 0 Å². The number of nitrogens with one attached hydrogen (secondary N) is 3. The van der Waals surface area contributed by atoms with Gasteiger partial charge in [0.05, 0.1) is 12.8 Å². The second-order valence-electron chi connectivity index (χ2n) is 4.73. The Kier molecular flexibility index (Phi) is 4.32. The SMILES string of the molecule is O=C(CNC(=O)c1ccco1)NNC(=O)c1ccc2c(c1)OCO2. The number of hydrogen-bond donors (Lipinski definition) is 3. The summed E-state index contributed by atoms with van der Waals surface area (Å²) in [4.78, 5) is 35.2. The zero-order chi connectivity index (χ0) is 16.9. The lowest BCUT2D eigenvalue weighted by Gasteiger charge is -2.08. The third-order valence-electron chi connectivity index (χ3n) is 3.10. The average Bonchev–Trinajstić information content (AvgIpc) is 3.27. The van der Waals surface area contributed by atoms with E-state index in [0.29, 0.717) is 17.1 Å². The quantitative estimate of drug-likeness (QED) is 0.689. The largest absolute Gasteiger partial charge is 0.459 e. The summed E-state index contributed by atoms with van der Waals surface area (Å²) in [5.41, 5.74) is 4.72. The number of rotatable bonds is 4. The summed E-state index contributed by atoms with van der Waals surface area (Å²) >= 11 is 0. The average molecular weight is 331 g/mol. The molecule has 0 saturated heterocycles. The molecule has 0 aliphatic carbocycles. The molecule has 2 heterocycles. The Morgan fingerprint density at radius 2 is 1.83 bits per heavy atom. The van der Waals surface area contributed by atoms with Gasteiger partial charge in [-0.15, -0.1) is 0 Å². The summed E-state index contributed by atoms with van der Waals surface area (Å²) in [5.74, 6) is -0.552. The van der Waals surface area contributed by atoms with Crippen LogP contribution in [0.2, 0.25) is 0 Å². The number of benzene rings is 1. The van der Waals surface area contributed by atoms with Gasteiger partial charge < -0.3 is 19.2 Å². The van der Waals surface area contributed by atoms with Gasteiger partial charge in [-0.1, -0.05) is 0 Å². The fourth-order valence-electron chi connectivity index (χ4n) is 1.94. The number of hydrogen-bond acceptors (Lipinski definition) is 6. The molecule has 0 radical (unpaired) electrons. The first-order chi connectivity index (χ1) is 11.6. The van der Waals surface area contributed by atoms with E-state index >= 15 is 0 Å².